The predicted molar refractivity (Wildman–Crippen MR) is 60.6 cm³/mol. The summed E-state index contributed by atoms with van der Waals surface area (Å²) in [7, 11) is 0.353. The molecule has 0 radical (unpaired) electrons. The molecule has 11 heavy (non-hydrogen) atoms. The van der Waals surface area contributed by atoms with Crippen molar-refractivity contribution in [3.8, 4) is 0 Å². The van der Waals surface area contributed by atoms with E-state index in [9.17, 15) is 0 Å². The van der Waals surface area contributed by atoms with E-state index >= 15 is 0 Å². The Morgan fingerprint density at radius 3 is 2.27 bits per heavy atom. The van der Waals surface area contributed by atoms with Gasteiger partial charge in [-0.15, -0.1) is 15.3 Å². The molecule has 2 unspecified atom stereocenters. The molecule has 1 aliphatic rings. The van der Waals surface area contributed by atoms with Crippen LogP contribution in [-0.2, 0) is 0 Å². The van der Waals surface area contributed by atoms with Crippen LogP contribution in [0.2, 0.25) is 0 Å². The molecule has 0 aromatic rings. The van der Waals surface area contributed by atoms with Gasteiger partial charge in [0.25, 0.3) is 0 Å². The molecule has 2 atom stereocenters. The second-order valence-corrected chi connectivity index (χ2v) is 14.7. The maximum atomic E-state index is 3.70. The molecule has 4 heteroatoms. The van der Waals surface area contributed by atoms with Gasteiger partial charge >= 0.3 is 0 Å². The summed E-state index contributed by atoms with van der Waals surface area (Å²) < 4.78 is 2.81. The average Bonchev–Trinajstić information content (AvgIpc) is 1.97. The van der Waals surface area contributed by atoms with Crippen LogP contribution in [0.15, 0.2) is 0 Å². The highest BCUT2D eigenvalue weighted by atomic mass is 79.9. The Balaban J connectivity index is 2.41. The van der Waals surface area contributed by atoms with Gasteiger partial charge in [0, 0.05) is 0 Å². The van der Waals surface area contributed by atoms with Gasteiger partial charge in [-0.2, -0.15) is 0 Å². The predicted octanol–water partition coefficient (Wildman–Crippen LogP) is 0.727. The Morgan fingerprint density at radius 2 is 1.82 bits per heavy atom. The third-order valence-corrected chi connectivity index (χ3v) is 9.90. The molecule has 0 N–H and O–H groups in total. The first-order chi connectivity index (χ1) is 5.25. The second-order valence-electron chi connectivity index (χ2n) is 3.56. The van der Waals surface area contributed by atoms with E-state index in [-0.39, 0.29) is 16.9 Å². The van der Waals surface area contributed by atoms with Gasteiger partial charge in [0.2, 0.25) is 0 Å². The lowest BCUT2D eigenvalue weighted by molar-refractivity contribution is 0.209. The molecular formula is C7H18BrNSi2. The molecule has 1 nitrogen and oxygen atoms in total. The van der Waals surface area contributed by atoms with Crippen molar-refractivity contribution in [2.24, 2.45) is 0 Å². The quantitative estimate of drug-likeness (QED) is 0.517. The van der Waals surface area contributed by atoms with Crippen molar-refractivity contribution in [1.82, 2.24) is 4.57 Å². The minimum atomic E-state index is 0.170. The van der Waals surface area contributed by atoms with Gasteiger partial charge in [-0.1, -0.05) is 20.3 Å². The van der Waals surface area contributed by atoms with Crippen LogP contribution in [0.1, 0.15) is 33.1 Å². The standard InChI is InChI=1S/C7H18BrNSi2/c1-6-4-3-5-7(2)9(6)11-10-8/h6-7H,3-5,10-11H2,1-2H3. The fourth-order valence-electron chi connectivity index (χ4n) is 2.01. The molecule has 66 valence electrons. The van der Waals surface area contributed by atoms with Crippen molar-refractivity contribution in [3.63, 3.8) is 0 Å². The van der Waals surface area contributed by atoms with Crippen LogP contribution in [0.25, 0.3) is 0 Å². The molecule has 0 spiro atoms. The number of nitrogens with zero attached hydrogens (tertiary/aromatic N) is 1. The Morgan fingerprint density at radius 1 is 1.27 bits per heavy atom. The molecule has 0 bridgehead atoms. The molecule has 0 aliphatic carbocycles. The molecule has 0 aromatic carbocycles. The van der Waals surface area contributed by atoms with Crippen LogP contribution in [0.5, 0.6) is 0 Å². The van der Waals surface area contributed by atoms with Crippen LogP contribution in [-0.4, -0.2) is 33.5 Å². The number of hydrogen-bond donors (Lipinski definition) is 0. The van der Waals surface area contributed by atoms with E-state index in [1.807, 2.05) is 0 Å². The summed E-state index contributed by atoms with van der Waals surface area (Å²) in [6, 6.07) is 1.80. The van der Waals surface area contributed by atoms with Crippen LogP contribution in [0, 0.1) is 0 Å². The van der Waals surface area contributed by atoms with Crippen LogP contribution in [0.3, 0.4) is 0 Å². The fourth-order valence-corrected chi connectivity index (χ4v) is 10.4. The van der Waals surface area contributed by atoms with E-state index in [4.69, 9.17) is 0 Å². The zero-order valence-corrected chi connectivity index (χ0v) is 11.9. The summed E-state index contributed by atoms with van der Waals surface area (Å²) in [5.74, 6) is 0. The Kier molecular flexibility index (Phi) is 4.34. The summed E-state index contributed by atoms with van der Waals surface area (Å²) in [5, 5.41) is 0. The topological polar surface area (TPSA) is 3.24 Å². The molecule has 1 fully saturated rings. The lowest BCUT2D eigenvalue weighted by atomic mass is 10.0. The van der Waals surface area contributed by atoms with Crippen molar-refractivity contribution in [3.05, 3.63) is 0 Å². The van der Waals surface area contributed by atoms with E-state index in [1.165, 1.54) is 19.3 Å². The maximum Gasteiger partial charge on any atom is 0.102 e. The zero-order valence-electron chi connectivity index (χ0n) is 7.52. The number of piperidine rings is 1. The summed E-state index contributed by atoms with van der Waals surface area (Å²) >= 11 is 3.70. The lowest BCUT2D eigenvalue weighted by Crippen LogP contribution is -2.47. The van der Waals surface area contributed by atoms with Crippen molar-refractivity contribution >= 4 is 32.1 Å². The van der Waals surface area contributed by atoms with E-state index in [1.54, 1.807) is 0 Å². The monoisotopic (exact) mass is 251 g/mol. The van der Waals surface area contributed by atoms with Crippen LogP contribution in [0.4, 0.5) is 0 Å². The van der Waals surface area contributed by atoms with Gasteiger partial charge < -0.3 is 4.57 Å². The van der Waals surface area contributed by atoms with Crippen molar-refractivity contribution < 1.29 is 0 Å². The van der Waals surface area contributed by atoms with Crippen molar-refractivity contribution in [2.75, 3.05) is 0 Å². The van der Waals surface area contributed by atoms with Crippen LogP contribution < -0.4 is 0 Å². The first-order valence-corrected chi connectivity index (χ1v) is 13.1. The van der Waals surface area contributed by atoms with Gasteiger partial charge in [0.1, 0.15) is 7.66 Å². The third-order valence-electron chi connectivity index (χ3n) is 2.72. The minimum absolute atomic E-state index is 0.170. The third kappa shape index (κ3) is 2.68. The first-order valence-electron chi connectivity index (χ1n) is 4.57. The summed E-state index contributed by atoms with van der Waals surface area (Å²) in [4.78, 5) is 0. The average molecular weight is 252 g/mol. The Labute approximate surface area is 82.0 Å². The van der Waals surface area contributed by atoms with E-state index < -0.39 is 0 Å². The van der Waals surface area contributed by atoms with Gasteiger partial charge in [-0.25, -0.2) is 0 Å². The first kappa shape index (κ1) is 9.96. The number of halogens is 1. The van der Waals surface area contributed by atoms with Gasteiger partial charge in [-0.3, -0.25) is 0 Å². The SMILES string of the molecule is CC1CCCC(C)N1[SiH2][SiH2]Br. The normalized spacial score (nSPS) is 36.3. The molecule has 0 aromatic heterocycles. The van der Waals surface area contributed by atoms with E-state index in [0.717, 1.165) is 12.1 Å². The number of rotatable bonds is 2. The Hall–Kier alpha value is 0.874. The summed E-state index contributed by atoms with van der Waals surface area (Å²) in [5.41, 5.74) is 0. The zero-order chi connectivity index (χ0) is 8.27. The lowest BCUT2D eigenvalue weighted by Gasteiger charge is -2.38. The van der Waals surface area contributed by atoms with E-state index in [0.29, 0.717) is 0 Å². The molecule has 0 saturated carbocycles. The highest BCUT2D eigenvalue weighted by Crippen LogP contribution is 2.20. The molecule has 1 rings (SSSR count). The largest absolute Gasteiger partial charge is 0.326 e. The highest BCUT2D eigenvalue weighted by molar-refractivity contribution is 9.24. The molecule has 1 aliphatic heterocycles. The Bertz CT molecular complexity index is 113. The highest BCUT2D eigenvalue weighted by Gasteiger charge is 2.23. The van der Waals surface area contributed by atoms with E-state index in [2.05, 4.69) is 33.7 Å². The maximum absolute atomic E-state index is 3.70. The van der Waals surface area contributed by atoms with Crippen LogP contribution >= 0.6 is 15.3 Å². The molecule has 1 heterocycles. The second kappa shape index (κ2) is 4.79. The van der Waals surface area contributed by atoms with Gasteiger partial charge in [0.15, 0.2) is 0 Å². The molecule has 1 saturated heterocycles. The fraction of sp³-hybridized carbons (Fsp3) is 1.00. The van der Waals surface area contributed by atoms with Gasteiger partial charge in [0.05, 0.1) is 9.20 Å². The van der Waals surface area contributed by atoms with Crippen molar-refractivity contribution in [1.29, 1.82) is 0 Å². The number of hydrogen-bond acceptors (Lipinski definition) is 1. The molecule has 0 amide bonds. The van der Waals surface area contributed by atoms with Gasteiger partial charge in [-0.05, 0) is 24.9 Å². The summed E-state index contributed by atoms with van der Waals surface area (Å²) in [6.07, 6.45) is 4.34. The summed E-state index contributed by atoms with van der Waals surface area (Å²) in [6.45, 7) is 4.80. The molecular weight excluding hydrogens is 234 g/mol. The van der Waals surface area contributed by atoms with Crippen molar-refractivity contribution in [2.45, 2.75) is 45.2 Å². The minimum Gasteiger partial charge on any atom is -0.326 e. The smallest absolute Gasteiger partial charge is 0.102 e.